The lowest BCUT2D eigenvalue weighted by Crippen LogP contribution is -2.53. The second-order valence-electron chi connectivity index (χ2n) is 11.4. The molecule has 2 bridgehead atoms. The molecule has 0 spiro atoms. The Morgan fingerprint density at radius 1 is 1.02 bits per heavy atom. The summed E-state index contributed by atoms with van der Waals surface area (Å²) in [7, 11) is 0. The zero-order valence-electron chi connectivity index (χ0n) is 22.5. The van der Waals surface area contributed by atoms with Crippen molar-refractivity contribution in [1.29, 1.82) is 5.26 Å². The van der Waals surface area contributed by atoms with Crippen molar-refractivity contribution in [3.05, 3.63) is 41.6 Å². The Bertz CT molecular complexity index is 1170. The van der Waals surface area contributed by atoms with Gasteiger partial charge < -0.3 is 25.8 Å². The number of nitriles is 1. The van der Waals surface area contributed by atoms with Gasteiger partial charge in [-0.15, -0.1) is 13.2 Å². The van der Waals surface area contributed by atoms with Crippen molar-refractivity contribution in [3.8, 4) is 11.8 Å². The molecular formula is C29H37F3N6O2. The van der Waals surface area contributed by atoms with Crippen LogP contribution in [0.3, 0.4) is 0 Å². The van der Waals surface area contributed by atoms with Crippen molar-refractivity contribution in [3.63, 3.8) is 0 Å². The fourth-order valence-electron chi connectivity index (χ4n) is 6.79. The third-order valence-corrected chi connectivity index (χ3v) is 8.67. The van der Waals surface area contributed by atoms with Crippen molar-refractivity contribution in [2.45, 2.75) is 88.9 Å². The van der Waals surface area contributed by atoms with E-state index in [1.54, 1.807) is 6.07 Å². The lowest BCUT2D eigenvalue weighted by atomic mass is 9.64. The van der Waals surface area contributed by atoms with E-state index in [2.05, 4.69) is 36.7 Å². The highest BCUT2D eigenvalue weighted by atomic mass is 19.4. The smallest absolute Gasteiger partial charge is 0.405 e. The maximum absolute atomic E-state index is 12.8. The van der Waals surface area contributed by atoms with Crippen LogP contribution in [0, 0.1) is 29.1 Å². The molecule has 1 aromatic heterocycles. The minimum Gasteiger partial charge on any atom is -0.405 e. The molecule has 3 aliphatic carbocycles. The number of rotatable bonds is 9. The molecule has 0 radical (unpaired) electrons. The number of benzene rings is 1. The topological polar surface area (TPSA) is 115 Å². The standard InChI is InChI=1S/C29H37F3N6O2/c30-29(31,32)40-25-7-2-1-4-21(25)16-35-28-36-17-22(14-33)27(38-28)34-15-18-12-19-5-3-6-20(13-18)26(19)37-23-8-10-24(39)11-9-23/h1-2,4,7,17-20,23-24,26,37,39H,3,5-6,8-13,15-16H2,(H2,34,35,36,38)/t18?,19-,20+,23?,24?,26+. The minimum atomic E-state index is -4.79. The molecule has 216 valence electrons. The third kappa shape index (κ3) is 7.34. The fraction of sp³-hybridized carbons (Fsp3) is 0.621. The molecule has 0 aliphatic heterocycles. The van der Waals surface area contributed by atoms with Gasteiger partial charge in [0, 0.05) is 30.7 Å². The molecule has 40 heavy (non-hydrogen) atoms. The van der Waals surface area contributed by atoms with E-state index >= 15 is 0 Å². The van der Waals surface area contributed by atoms with Gasteiger partial charge in [0.1, 0.15) is 23.2 Å². The second-order valence-corrected chi connectivity index (χ2v) is 11.4. The van der Waals surface area contributed by atoms with Gasteiger partial charge in [-0.05, 0) is 75.2 Å². The van der Waals surface area contributed by atoms with Crippen LogP contribution in [0.15, 0.2) is 30.5 Å². The number of hydrogen-bond donors (Lipinski definition) is 4. The summed E-state index contributed by atoms with van der Waals surface area (Å²) >= 11 is 0. The summed E-state index contributed by atoms with van der Waals surface area (Å²) in [4.78, 5) is 8.64. The van der Waals surface area contributed by atoms with Gasteiger partial charge in [-0.3, -0.25) is 0 Å². The summed E-state index contributed by atoms with van der Waals surface area (Å²) in [6.45, 7) is 0.723. The summed E-state index contributed by atoms with van der Waals surface area (Å²) in [5.41, 5.74) is 0.630. The zero-order valence-corrected chi connectivity index (χ0v) is 22.5. The molecule has 5 rings (SSSR count). The number of aromatic nitrogens is 2. The largest absolute Gasteiger partial charge is 0.573 e. The predicted molar refractivity (Wildman–Crippen MR) is 144 cm³/mol. The Balaban J connectivity index is 1.18. The summed E-state index contributed by atoms with van der Waals surface area (Å²) < 4.78 is 42.4. The van der Waals surface area contributed by atoms with Gasteiger partial charge in [0.2, 0.25) is 5.95 Å². The monoisotopic (exact) mass is 558 g/mol. The number of para-hydroxylation sites is 1. The van der Waals surface area contributed by atoms with Crippen LogP contribution in [0.5, 0.6) is 5.75 Å². The maximum atomic E-state index is 12.8. The van der Waals surface area contributed by atoms with E-state index < -0.39 is 6.36 Å². The lowest BCUT2D eigenvalue weighted by Gasteiger charge is -2.48. The zero-order chi connectivity index (χ0) is 28.1. The van der Waals surface area contributed by atoms with Crippen molar-refractivity contribution >= 4 is 11.8 Å². The quantitative estimate of drug-likeness (QED) is 0.325. The molecule has 4 atom stereocenters. The van der Waals surface area contributed by atoms with Crippen LogP contribution in [0.2, 0.25) is 0 Å². The van der Waals surface area contributed by atoms with Gasteiger partial charge in [-0.1, -0.05) is 24.6 Å². The van der Waals surface area contributed by atoms with E-state index in [0.717, 1.165) is 38.5 Å². The van der Waals surface area contributed by atoms with Gasteiger partial charge in [-0.2, -0.15) is 10.2 Å². The van der Waals surface area contributed by atoms with Crippen molar-refractivity contribution < 1.29 is 23.0 Å². The number of anilines is 2. The van der Waals surface area contributed by atoms with Crippen molar-refractivity contribution in [2.24, 2.45) is 17.8 Å². The highest BCUT2D eigenvalue weighted by Gasteiger charge is 2.41. The number of alkyl halides is 3. The van der Waals surface area contributed by atoms with E-state index in [4.69, 9.17) is 0 Å². The molecule has 2 aromatic rings. The SMILES string of the molecule is N#Cc1cnc(NCc2ccccc2OC(F)(F)F)nc1NCC1C[C@H]2CCC[C@@H](C1)[C@H]2NC1CCC(O)CC1. The molecule has 3 aliphatic rings. The van der Waals surface area contributed by atoms with E-state index in [1.807, 2.05) is 0 Å². The Morgan fingerprint density at radius 3 is 2.45 bits per heavy atom. The number of hydrogen-bond acceptors (Lipinski definition) is 8. The van der Waals surface area contributed by atoms with Crippen LogP contribution in [0.1, 0.15) is 68.9 Å². The van der Waals surface area contributed by atoms with Gasteiger partial charge in [0.25, 0.3) is 0 Å². The Morgan fingerprint density at radius 2 is 1.75 bits per heavy atom. The van der Waals surface area contributed by atoms with Gasteiger partial charge in [0.15, 0.2) is 0 Å². The van der Waals surface area contributed by atoms with E-state index in [9.17, 15) is 23.5 Å². The molecule has 0 amide bonds. The summed E-state index contributed by atoms with van der Waals surface area (Å²) in [5.74, 6) is 2.07. The molecular weight excluding hydrogens is 521 g/mol. The van der Waals surface area contributed by atoms with Crippen LogP contribution in [-0.2, 0) is 6.54 Å². The van der Waals surface area contributed by atoms with E-state index in [-0.39, 0.29) is 24.3 Å². The summed E-state index contributed by atoms with van der Waals surface area (Å²) in [6, 6.07) is 9.08. The molecule has 4 N–H and O–H groups in total. The van der Waals surface area contributed by atoms with Crippen LogP contribution < -0.4 is 20.7 Å². The highest BCUT2D eigenvalue weighted by Crippen LogP contribution is 2.43. The molecule has 1 aromatic carbocycles. The number of halogens is 3. The average Bonchev–Trinajstić information content (AvgIpc) is 2.92. The number of fused-ring (bicyclic) bond motifs is 2. The Hall–Kier alpha value is -3.10. The molecule has 1 heterocycles. The normalized spacial score (nSPS) is 28.4. The Kier molecular flexibility index (Phi) is 8.96. The van der Waals surface area contributed by atoms with Crippen LogP contribution in [-0.4, -0.2) is 46.2 Å². The molecule has 3 saturated carbocycles. The number of ether oxygens (including phenoxy) is 1. The summed E-state index contributed by atoms with van der Waals surface area (Å²) in [5, 5.41) is 29.7. The first-order valence-electron chi connectivity index (χ1n) is 14.3. The van der Waals surface area contributed by atoms with E-state index in [1.165, 1.54) is 43.7 Å². The van der Waals surface area contributed by atoms with Crippen molar-refractivity contribution in [2.75, 3.05) is 17.2 Å². The van der Waals surface area contributed by atoms with Crippen LogP contribution in [0.25, 0.3) is 0 Å². The lowest BCUT2D eigenvalue weighted by molar-refractivity contribution is -0.274. The molecule has 3 fully saturated rings. The maximum Gasteiger partial charge on any atom is 0.573 e. The number of aliphatic hydroxyl groups excluding tert-OH is 1. The van der Waals surface area contributed by atoms with Gasteiger partial charge in [0.05, 0.1) is 12.3 Å². The van der Waals surface area contributed by atoms with Crippen LogP contribution in [0.4, 0.5) is 24.9 Å². The van der Waals surface area contributed by atoms with Crippen LogP contribution >= 0.6 is 0 Å². The Labute approximate surface area is 232 Å². The first-order chi connectivity index (χ1) is 19.3. The fourth-order valence-corrected chi connectivity index (χ4v) is 6.79. The molecule has 0 saturated heterocycles. The molecule has 1 unspecified atom stereocenters. The number of aliphatic hydroxyl groups is 1. The third-order valence-electron chi connectivity index (χ3n) is 8.67. The van der Waals surface area contributed by atoms with Crippen molar-refractivity contribution in [1.82, 2.24) is 15.3 Å². The number of nitrogens with zero attached hydrogens (tertiary/aromatic N) is 3. The van der Waals surface area contributed by atoms with Gasteiger partial charge >= 0.3 is 6.36 Å². The van der Waals surface area contributed by atoms with Gasteiger partial charge in [-0.25, -0.2) is 4.98 Å². The minimum absolute atomic E-state index is 0.0257. The summed E-state index contributed by atoms with van der Waals surface area (Å²) in [6.07, 6.45) is 6.31. The predicted octanol–water partition coefficient (Wildman–Crippen LogP) is 5.36. The molecule has 8 nitrogen and oxygen atoms in total. The first kappa shape index (κ1) is 28.4. The van der Waals surface area contributed by atoms with E-state index in [0.29, 0.717) is 53.3 Å². The molecule has 11 heteroatoms. The number of nitrogens with one attached hydrogen (secondary N) is 3. The highest BCUT2D eigenvalue weighted by molar-refractivity contribution is 5.53. The second kappa shape index (κ2) is 12.6. The average molecular weight is 559 g/mol. The first-order valence-corrected chi connectivity index (χ1v) is 14.3.